The SMILES string of the molecule is C[C@@H](O)[C@H](NC(=O)[C@H](CC(N)=O)NC(=O)[C@H](Cc1c[nH]c2ccccc12)NC(=O)CNC(=O)CNC(=O)[C@@H]1CCCN1)C(=O)NCC(=O)NCC(=O)N[C@@H](CO)C(=O)N[C@@H](CCCN=C(N)N)C(=O)O. The summed E-state index contributed by atoms with van der Waals surface area (Å²) in [5.74, 6) is -11.0. The van der Waals surface area contributed by atoms with Crippen LogP contribution in [0.5, 0.6) is 0 Å². The van der Waals surface area contributed by atoms with Crippen LogP contribution in [0, 0.1) is 0 Å². The van der Waals surface area contributed by atoms with Gasteiger partial charge >= 0.3 is 5.97 Å². The Labute approximate surface area is 399 Å². The Morgan fingerprint density at radius 2 is 1.31 bits per heavy atom. The van der Waals surface area contributed by atoms with Crippen LogP contribution in [0.2, 0.25) is 0 Å². The minimum Gasteiger partial charge on any atom is -0.480 e. The molecule has 10 amide bonds. The van der Waals surface area contributed by atoms with E-state index in [-0.39, 0.29) is 37.7 Å². The molecule has 20 N–H and O–H groups in total. The molecule has 29 nitrogen and oxygen atoms in total. The number of primary amides is 1. The number of hydrogen-bond acceptors (Lipinski definition) is 15. The molecule has 0 bridgehead atoms. The van der Waals surface area contributed by atoms with Gasteiger partial charge in [0, 0.05) is 30.1 Å². The monoisotopic (exact) mass is 987 g/mol. The maximum absolute atomic E-state index is 13.9. The fourth-order valence-electron chi connectivity index (χ4n) is 6.75. The van der Waals surface area contributed by atoms with Gasteiger partial charge in [0.1, 0.15) is 30.2 Å². The number of para-hydroxylation sites is 1. The number of amides is 10. The molecule has 1 aromatic heterocycles. The van der Waals surface area contributed by atoms with Crippen molar-refractivity contribution in [1.29, 1.82) is 0 Å². The second-order valence-electron chi connectivity index (χ2n) is 15.9. The van der Waals surface area contributed by atoms with E-state index in [0.29, 0.717) is 29.4 Å². The average molecular weight is 988 g/mol. The summed E-state index contributed by atoms with van der Waals surface area (Å²) in [6.45, 7) is -1.80. The number of benzene rings is 1. The lowest BCUT2D eigenvalue weighted by molar-refractivity contribution is -0.142. The summed E-state index contributed by atoms with van der Waals surface area (Å²) in [6, 6.07) is -1.53. The van der Waals surface area contributed by atoms with Gasteiger partial charge in [-0.15, -0.1) is 0 Å². The number of aliphatic imine (C=N–C) groups is 1. The van der Waals surface area contributed by atoms with Crippen molar-refractivity contribution in [3.63, 3.8) is 0 Å². The van der Waals surface area contributed by atoms with Crippen LogP contribution >= 0.6 is 0 Å². The van der Waals surface area contributed by atoms with Crippen molar-refractivity contribution in [2.75, 3.05) is 45.9 Å². The number of hydrogen-bond donors (Lipinski definition) is 17. The molecule has 0 unspecified atom stereocenters. The second kappa shape index (κ2) is 28.4. The molecule has 0 radical (unpaired) electrons. The van der Waals surface area contributed by atoms with Crippen LogP contribution in [0.15, 0.2) is 35.5 Å². The number of H-pyrrole nitrogens is 1. The summed E-state index contributed by atoms with van der Waals surface area (Å²) in [5.41, 5.74) is 17.1. The van der Waals surface area contributed by atoms with Gasteiger partial charge in [-0.3, -0.25) is 52.9 Å². The lowest BCUT2D eigenvalue weighted by atomic mass is 10.0. The third kappa shape index (κ3) is 19.4. The third-order valence-corrected chi connectivity index (χ3v) is 10.4. The predicted octanol–water partition coefficient (Wildman–Crippen LogP) is -8.26. The smallest absolute Gasteiger partial charge is 0.326 e. The summed E-state index contributed by atoms with van der Waals surface area (Å²) in [7, 11) is 0. The standard InChI is InChI=1S/C41H61N15O14/c1-20(58)34(39(68)51-16-31(61)49-18-33(63)53-28(19-57)38(67)54-25(40(69)70)9-5-11-46-41(43)44)56-37(66)27(13-29(42)59)55-36(65)26(12-21-14-47-23-7-3-2-6-22(21)23)52-32(62)17-48-30(60)15-50-35(64)24-8-4-10-45-24/h2-3,6-7,14,20,24-28,34,45,47,57-58H,4-5,8-13,15-19H2,1H3,(H2,42,59)(H,48,60)(H,49,61)(H,50,64)(H,51,68)(H,52,62)(H,53,63)(H,54,67)(H,55,65)(H,56,66)(H,69,70)(H4,43,44,46)/t20-,24+,25+,26+,27+,28+,34+/m1/s1. The maximum atomic E-state index is 13.9. The molecule has 70 heavy (non-hydrogen) atoms. The Balaban J connectivity index is 1.60. The fraction of sp³-hybridized carbons (Fsp3) is 0.512. The number of aliphatic hydroxyl groups is 2. The molecule has 2 heterocycles. The first-order chi connectivity index (χ1) is 33.2. The van der Waals surface area contributed by atoms with E-state index in [0.717, 1.165) is 13.3 Å². The van der Waals surface area contributed by atoms with Crippen molar-refractivity contribution in [1.82, 2.24) is 58.2 Å². The molecule has 2 aromatic rings. The van der Waals surface area contributed by atoms with Gasteiger partial charge in [0.25, 0.3) is 0 Å². The number of carboxylic acids is 1. The number of aliphatic carboxylic acids is 1. The molecule has 1 aliphatic rings. The van der Waals surface area contributed by atoms with Crippen molar-refractivity contribution in [3.8, 4) is 0 Å². The van der Waals surface area contributed by atoms with Gasteiger partial charge in [-0.05, 0) is 50.8 Å². The van der Waals surface area contributed by atoms with Gasteiger partial charge < -0.3 is 90.7 Å². The van der Waals surface area contributed by atoms with Crippen LogP contribution in [0.3, 0.4) is 0 Å². The van der Waals surface area contributed by atoms with Crippen LogP contribution in [0.1, 0.15) is 44.6 Å². The van der Waals surface area contributed by atoms with E-state index in [1.54, 1.807) is 30.5 Å². The van der Waals surface area contributed by atoms with Crippen molar-refractivity contribution >= 4 is 81.9 Å². The van der Waals surface area contributed by atoms with Gasteiger partial charge in [-0.25, -0.2) is 4.79 Å². The molecule has 29 heteroatoms. The molecule has 1 aromatic carbocycles. The largest absolute Gasteiger partial charge is 0.480 e. The van der Waals surface area contributed by atoms with Crippen molar-refractivity contribution in [3.05, 3.63) is 36.0 Å². The minimum absolute atomic E-state index is 0.0718. The number of carbonyl (C=O) groups excluding carboxylic acids is 10. The number of carbonyl (C=O) groups is 11. The van der Waals surface area contributed by atoms with Gasteiger partial charge in [-0.1, -0.05) is 18.2 Å². The fourth-order valence-corrected chi connectivity index (χ4v) is 6.75. The van der Waals surface area contributed by atoms with Crippen LogP contribution < -0.4 is 70.4 Å². The molecular formula is C41H61N15O14. The number of aliphatic hydroxyl groups excluding tert-OH is 2. The number of nitrogens with two attached hydrogens (primary N) is 3. The lowest BCUT2D eigenvalue weighted by Crippen LogP contribution is -2.60. The van der Waals surface area contributed by atoms with Crippen LogP contribution in [0.4, 0.5) is 0 Å². The minimum atomic E-state index is -1.81. The summed E-state index contributed by atoms with van der Waals surface area (Å²) >= 11 is 0. The normalized spacial score (nSPS) is 15.5. The highest BCUT2D eigenvalue weighted by Gasteiger charge is 2.33. The molecule has 0 aliphatic carbocycles. The molecule has 3 rings (SSSR count). The number of carboxylic acid groups (broad SMARTS) is 1. The van der Waals surface area contributed by atoms with Gasteiger partial charge in [-0.2, -0.15) is 0 Å². The summed E-state index contributed by atoms with van der Waals surface area (Å²) in [4.78, 5) is 147. The van der Waals surface area contributed by atoms with Crippen molar-refractivity contribution in [2.45, 2.75) is 87.8 Å². The Morgan fingerprint density at radius 1 is 0.729 bits per heavy atom. The van der Waals surface area contributed by atoms with E-state index in [1.807, 2.05) is 0 Å². The second-order valence-corrected chi connectivity index (χ2v) is 15.9. The van der Waals surface area contributed by atoms with Crippen LogP contribution in [0.25, 0.3) is 10.9 Å². The van der Waals surface area contributed by atoms with Crippen molar-refractivity contribution < 1.29 is 68.1 Å². The van der Waals surface area contributed by atoms with Crippen LogP contribution in [-0.4, -0.2) is 180 Å². The summed E-state index contributed by atoms with van der Waals surface area (Å²) in [6.07, 6.45) is 0.401. The third-order valence-electron chi connectivity index (χ3n) is 10.4. The molecule has 0 saturated carbocycles. The zero-order valence-corrected chi connectivity index (χ0v) is 38.1. The number of aromatic nitrogens is 1. The molecule has 0 spiro atoms. The van der Waals surface area contributed by atoms with Crippen molar-refractivity contribution in [2.24, 2.45) is 22.2 Å². The number of aromatic amines is 1. The summed E-state index contributed by atoms with van der Waals surface area (Å²) in [5, 5.41) is 53.6. The van der Waals surface area contributed by atoms with E-state index in [1.165, 1.54) is 0 Å². The first-order valence-electron chi connectivity index (χ1n) is 21.9. The van der Waals surface area contributed by atoms with Gasteiger partial charge in [0.2, 0.25) is 59.1 Å². The lowest BCUT2D eigenvalue weighted by Gasteiger charge is -2.26. The van der Waals surface area contributed by atoms with E-state index in [2.05, 4.69) is 63.1 Å². The van der Waals surface area contributed by atoms with Gasteiger partial charge in [0.05, 0.1) is 51.4 Å². The van der Waals surface area contributed by atoms with Gasteiger partial charge in [0.15, 0.2) is 5.96 Å². The van der Waals surface area contributed by atoms with E-state index >= 15 is 0 Å². The van der Waals surface area contributed by atoms with E-state index in [9.17, 15) is 68.1 Å². The number of guanidine groups is 1. The number of fused-ring (bicyclic) bond motifs is 1. The number of nitrogens with one attached hydrogen (secondary N) is 11. The Kier molecular flexibility index (Phi) is 22.9. The Morgan fingerprint density at radius 3 is 1.90 bits per heavy atom. The molecule has 384 valence electrons. The Bertz CT molecular complexity index is 2240. The highest BCUT2D eigenvalue weighted by molar-refractivity contribution is 5.98. The molecule has 1 aliphatic heterocycles. The number of rotatable bonds is 29. The first-order valence-corrected chi connectivity index (χ1v) is 21.9. The zero-order chi connectivity index (χ0) is 51.9. The highest BCUT2D eigenvalue weighted by Crippen LogP contribution is 2.19. The van der Waals surface area contributed by atoms with E-state index in [4.69, 9.17) is 17.2 Å². The number of nitrogens with zero attached hydrogens (tertiary/aromatic N) is 1. The van der Waals surface area contributed by atoms with Crippen LogP contribution in [-0.2, 0) is 59.2 Å². The predicted molar refractivity (Wildman–Crippen MR) is 245 cm³/mol. The highest BCUT2D eigenvalue weighted by atomic mass is 16.4. The zero-order valence-electron chi connectivity index (χ0n) is 38.1. The molecular weight excluding hydrogens is 927 g/mol. The summed E-state index contributed by atoms with van der Waals surface area (Å²) < 4.78 is 0. The first kappa shape index (κ1) is 56.4. The molecule has 7 atom stereocenters. The maximum Gasteiger partial charge on any atom is 0.326 e. The molecule has 1 saturated heterocycles. The average Bonchev–Trinajstić information content (AvgIpc) is 4.00. The molecule has 1 fully saturated rings. The quantitative estimate of drug-likeness (QED) is 0.0204. The Hall–Kier alpha value is -7.92. The van der Waals surface area contributed by atoms with E-state index < -0.39 is 141 Å². The topological polar surface area (TPSA) is 475 Å².